The minimum absolute atomic E-state index is 0.00313. The highest BCUT2D eigenvalue weighted by molar-refractivity contribution is 6.74. The van der Waals surface area contributed by atoms with Crippen molar-refractivity contribution in [3.05, 3.63) is 24.8 Å². The number of amides is 1. The molecular formula is C33H67NO5Si2. The van der Waals surface area contributed by atoms with Crippen LogP contribution in [0.25, 0.3) is 0 Å². The maximum Gasteiger partial charge on any atom is 0.227 e. The fourth-order valence-electron chi connectivity index (χ4n) is 4.75. The Morgan fingerprint density at radius 1 is 0.878 bits per heavy atom. The molecule has 0 aromatic carbocycles. The molecule has 0 spiro atoms. The Labute approximate surface area is 256 Å². The standard InChI is InChI=1S/C33H67NO5Si2/c1-18-19-20-23(2)28(36)26(5)30(39-41(16,17)33(10,11)12)27(6)31(37)34(13)21-24(3)29(25(4)22-35)38-40(14,15)32(7,8)9/h18-20,23-30,35-36H,1,21-22H2,2-17H3/b20-19-/t23-,24-,25-,26?,27?,28?,29+,30?/m0/s1. The molecule has 0 aliphatic carbocycles. The maximum atomic E-state index is 14.0. The topological polar surface area (TPSA) is 79.2 Å². The lowest BCUT2D eigenvalue weighted by atomic mass is 9.83. The van der Waals surface area contributed by atoms with Gasteiger partial charge in [0.05, 0.1) is 24.2 Å². The molecule has 0 rings (SSSR count). The third-order valence-electron chi connectivity index (χ3n) is 9.85. The molecule has 0 bridgehead atoms. The van der Waals surface area contributed by atoms with Crippen LogP contribution in [0.15, 0.2) is 24.8 Å². The van der Waals surface area contributed by atoms with E-state index in [1.54, 1.807) is 11.0 Å². The number of carbonyl (C=O) groups excluding carboxylic acids is 1. The Kier molecular flexibility index (Phi) is 15.5. The Morgan fingerprint density at radius 3 is 1.71 bits per heavy atom. The summed E-state index contributed by atoms with van der Waals surface area (Å²) in [7, 11) is -2.49. The Morgan fingerprint density at radius 2 is 1.32 bits per heavy atom. The zero-order chi connectivity index (χ0) is 32.7. The lowest BCUT2D eigenvalue weighted by Gasteiger charge is -2.45. The van der Waals surface area contributed by atoms with Crippen LogP contribution in [0.1, 0.15) is 76.2 Å². The van der Waals surface area contributed by atoms with Gasteiger partial charge in [-0.2, -0.15) is 0 Å². The second-order valence-electron chi connectivity index (χ2n) is 15.7. The zero-order valence-corrected chi connectivity index (χ0v) is 31.5. The minimum Gasteiger partial charge on any atom is -0.413 e. The molecule has 242 valence electrons. The van der Waals surface area contributed by atoms with E-state index in [9.17, 15) is 15.0 Å². The molecule has 8 atom stereocenters. The number of nitrogens with zero attached hydrogens (tertiary/aromatic N) is 1. The summed E-state index contributed by atoms with van der Waals surface area (Å²) in [4.78, 5) is 15.8. The molecule has 0 aliphatic heterocycles. The van der Waals surface area contributed by atoms with E-state index in [2.05, 4.69) is 81.2 Å². The fraction of sp³-hybridized carbons (Fsp3) is 0.848. The number of carbonyl (C=O) groups is 1. The van der Waals surface area contributed by atoms with Gasteiger partial charge in [-0.3, -0.25) is 4.79 Å². The molecule has 0 fully saturated rings. The predicted molar refractivity (Wildman–Crippen MR) is 180 cm³/mol. The van der Waals surface area contributed by atoms with E-state index in [-0.39, 0.29) is 52.4 Å². The van der Waals surface area contributed by atoms with Crippen LogP contribution in [-0.4, -0.2) is 76.2 Å². The first-order valence-corrected chi connectivity index (χ1v) is 21.4. The van der Waals surface area contributed by atoms with E-state index < -0.39 is 34.8 Å². The van der Waals surface area contributed by atoms with E-state index in [0.29, 0.717) is 6.54 Å². The third kappa shape index (κ3) is 11.3. The minimum atomic E-state index is -2.25. The van der Waals surface area contributed by atoms with Crippen LogP contribution < -0.4 is 0 Å². The second kappa shape index (κ2) is 15.8. The van der Waals surface area contributed by atoms with Crippen LogP contribution in [0.4, 0.5) is 0 Å². The third-order valence-corrected chi connectivity index (χ3v) is 18.8. The zero-order valence-electron chi connectivity index (χ0n) is 29.5. The number of hydrogen-bond donors (Lipinski definition) is 2. The summed E-state index contributed by atoms with van der Waals surface area (Å²) in [5.41, 5.74) is 0. The van der Waals surface area contributed by atoms with Gasteiger partial charge in [-0.05, 0) is 42.2 Å². The van der Waals surface area contributed by atoms with Crippen molar-refractivity contribution in [1.29, 1.82) is 0 Å². The monoisotopic (exact) mass is 613 g/mol. The number of allylic oxidation sites excluding steroid dienone is 2. The van der Waals surface area contributed by atoms with Crippen molar-refractivity contribution < 1.29 is 23.9 Å². The van der Waals surface area contributed by atoms with Crippen LogP contribution in [0.5, 0.6) is 0 Å². The van der Waals surface area contributed by atoms with Crippen molar-refractivity contribution in [2.45, 2.75) is 131 Å². The summed E-state index contributed by atoms with van der Waals surface area (Å²) >= 11 is 0. The summed E-state index contributed by atoms with van der Waals surface area (Å²) in [5.74, 6) is -0.841. The van der Waals surface area contributed by atoms with Crippen LogP contribution in [0.3, 0.4) is 0 Å². The lowest BCUT2D eigenvalue weighted by Crippen LogP contribution is -2.53. The summed E-state index contributed by atoms with van der Waals surface area (Å²) in [6.07, 6.45) is 4.23. The molecule has 0 saturated heterocycles. The summed E-state index contributed by atoms with van der Waals surface area (Å²) < 4.78 is 13.7. The van der Waals surface area contributed by atoms with Crippen LogP contribution >= 0.6 is 0 Å². The summed E-state index contributed by atoms with van der Waals surface area (Å²) in [6.45, 7) is 36.4. The first-order chi connectivity index (χ1) is 18.4. The van der Waals surface area contributed by atoms with Gasteiger partial charge in [0, 0.05) is 38.0 Å². The average Bonchev–Trinajstić information content (AvgIpc) is 2.85. The van der Waals surface area contributed by atoms with Gasteiger partial charge in [-0.15, -0.1) is 0 Å². The van der Waals surface area contributed by atoms with Crippen molar-refractivity contribution in [3.8, 4) is 0 Å². The van der Waals surface area contributed by atoms with Gasteiger partial charge in [0.1, 0.15) is 0 Å². The van der Waals surface area contributed by atoms with E-state index in [4.69, 9.17) is 8.85 Å². The molecule has 0 heterocycles. The van der Waals surface area contributed by atoms with Gasteiger partial charge in [-0.1, -0.05) is 101 Å². The van der Waals surface area contributed by atoms with Crippen molar-refractivity contribution in [2.75, 3.05) is 20.2 Å². The number of aliphatic hydroxyl groups is 2. The Hall–Kier alpha value is -0.776. The summed E-state index contributed by atoms with van der Waals surface area (Å²) in [5, 5.41) is 21.4. The van der Waals surface area contributed by atoms with Crippen LogP contribution in [-0.2, 0) is 13.6 Å². The van der Waals surface area contributed by atoms with Gasteiger partial charge in [0.2, 0.25) is 5.91 Å². The molecule has 1 amide bonds. The van der Waals surface area contributed by atoms with E-state index in [1.165, 1.54) is 0 Å². The normalized spacial score (nSPS) is 19.7. The van der Waals surface area contributed by atoms with Crippen LogP contribution in [0.2, 0.25) is 36.3 Å². The smallest absolute Gasteiger partial charge is 0.227 e. The molecule has 41 heavy (non-hydrogen) atoms. The van der Waals surface area contributed by atoms with Gasteiger partial charge < -0.3 is 24.0 Å². The summed E-state index contributed by atoms with van der Waals surface area (Å²) in [6, 6.07) is 0. The van der Waals surface area contributed by atoms with Gasteiger partial charge in [-0.25, -0.2) is 0 Å². The molecule has 6 nitrogen and oxygen atoms in total. The second-order valence-corrected chi connectivity index (χ2v) is 25.2. The number of aliphatic hydroxyl groups excluding tert-OH is 2. The Bertz CT molecular complexity index is 846. The molecule has 0 radical (unpaired) electrons. The van der Waals surface area contributed by atoms with Crippen LogP contribution in [0, 0.1) is 29.6 Å². The molecule has 0 saturated carbocycles. The number of hydrogen-bond acceptors (Lipinski definition) is 5. The van der Waals surface area contributed by atoms with Gasteiger partial charge in [0.15, 0.2) is 16.6 Å². The highest BCUT2D eigenvalue weighted by Gasteiger charge is 2.45. The first-order valence-electron chi connectivity index (χ1n) is 15.5. The quantitative estimate of drug-likeness (QED) is 0.139. The molecule has 4 unspecified atom stereocenters. The fourth-order valence-corrected chi connectivity index (χ4v) is 7.70. The van der Waals surface area contributed by atoms with Crippen molar-refractivity contribution in [1.82, 2.24) is 4.90 Å². The largest absolute Gasteiger partial charge is 0.413 e. The molecule has 2 N–H and O–H groups in total. The maximum absolute atomic E-state index is 14.0. The van der Waals surface area contributed by atoms with Gasteiger partial charge in [0.25, 0.3) is 0 Å². The van der Waals surface area contributed by atoms with E-state index in [0.717, 1.165) is 0 Å². The van der Waals surface area contributed by atoms with Crippen molar-refractivity contribution in [3.63, 3.8) is 0 Å². The van der Waals surface area contributed by atoms with E-state index >= 15 is 0 Å². The molecule has 0 aromatic rings. The first kappa shape index (κ1) is 40.2. The van der Waals surface area contributed by atoms with Crippen molar-refractivity contribution >= 4 is 22.5 Å². The van der Waals surface area contributed by atoms with E-state index in [1.807, 2.05) is 46.9 Å². The molecular weight excluding hydrogens is 547 g/mol. The molecule has 0 aliphatic rings. The van der Waals surface area contributed by atoms with Gasteiger partial charge >= 0.3 is 0 Å². The number of rotatable bonds is 16. The molecule has 8 heteroatoms. The molecule has 0 aromatic heterocycles. The SMILES string of the molecule is C=C/C=C\[C@H](C)C(O)C(C)C(O[Si](C)(C)C(C)(C)C)C(C)C(=O)N(C)C[C@H](C)[C@@H](O[Si](C)(C)C(C)(C)C)[C@@H](C)CO. The highest BCUT2D eigenvalue weighted by Crippen LogP contribution is 2.41. The lowest BCUT2D eigenvalue weighted by molar-refractivity contribution is -0.140. The predicted octanol–water partition coefficient (Wildman–Crippen LogP) is 7.50. The highest BCUT2D eigenvalue weighted by atomic mass is 28.4. The Balaban J connectivity index is 6.17. The average molecular weight is 614 g/mol. The van der Waals surface area contributed by atoms with Crippen molar-refractivity contribution in [2.24, 2.45) is 29.6 Å².